The molecule has 0 radical (unpaired) electrons. The summed E-state index contributed by atoms with van der Waals surface area (Å²) in [6.07, 6.45) is -2.36. The molecular weight excluding hydrogens is 294 g/mol. The normalized spacial score (nSPS) is 32.9. The number of anilines is 1. The van der Waals surface area contributed by atoms with E-state index in [1.807, 2.05) is 0 Å². The fourth-order valence-corrected chi connectivity index (χ4v) is 2.01. The highest BCUT2D eigenvalue weighted by Gasteiger charge is 2.41. The molecule has 4 N–H and O–H groups in total. The molecule has 0 bridgehead atoms. The van der Waals surface area contributed by atoms with Crippen LogP contribution in [0.1, 0.15) is 13.2 Å². The number of hydrogen-bond donors (Lipinski definition) is 3. The Balaban J connectivity index is 2.42. The van der Waals surface area contributed by atoms with Gasteiger partial charge in [-0.05, 0) is 22.9 Å². The first kappa shape index (κ1) is 12.5. The van der Waals surface area contributed by atoms with E-state index in [4.69, 9.17) is 10.5 Å². The Kier molecular flexibility index (Phi) is 3.21. The molecule has 2 rings (SSSR count). The molecule has 1 saturated heterocycles. The van der Waals surface area contributed by atoms with Crippen molar-refractivity contribution in [1.29, 1.82) is 0 Å². The number of aliphatic hydroxyl groups is 2. The third kappa shape index (κ3) is 2.08. The van der Waals surface area contributed by atoms with E-state index in [9.17, 15) is 15.0 Å². The summed E-state index contributed by atoms with van der Waals surface area (Å²) in [5.41, 5.74) is 4.81. The number of nitrogens with two attached hydrogens (primary N) is 1. The lowest BCUT2D eigenvalue weighted by Gasteiger charge is -2.17. The van der Waals surface area contributed by atoms with Crippen molar-refractivity contribution in [1.82, 2.24) is 9.55 Å². The molecule has 0 saturated carbocycles. The molecule has 0 spiro atoms. The average molecular weight is 306 g/mol. The van der Waals surface area contributed by atoms with E-state index in [1.165, 1.54) is 6.20 Å². The van der Waals surface area contributed by atoms with Crippen LogP contribution in [0.3, 0.4) is 0 Å². The lowest BCUT2D eigenvalue weighted by Crippen LogP contribution is -2.35. The zero-order valence-corrected chi connectivity index (χ0v) is 10.5. The van der Waals surface area contributed by atoms with Crippen LogP contribution in [0.4, 0.5) is 5.82 Å². The Morgan fingerprint density at radius 2 is 2.18 bits per heavy atom. The zero-order valence-electron chi connectivity index (χ0n) is 8.95. The number of rotatable bonds is 1. The highest BCUT2D eigenvalue weighted by Crippen LogP contribution is 2.28. The molecule has 1 aliphatic heterocycles. The summed E-state index contributed by atoms with van der Waals surface area (Å²) in [6.45, 7) is 1.61. The van der Waals surface area contributed by atoms with Crippen LogP contribution in [-0.4, -0.2) is 38.1 Å². The van der Waals surface area contributed by atoms with Crippen molar-refractivity contribution in [2.75, 3.05) is 5.73 Å². The van der Waals surface area contributed by atoms with E-state index in [1.54, 1.807) is 6.92 Å². The standard InChI is InChI=1S/C9H12BrN3O4/c1-3-5(14)6(15)8(17-3)13-2-4(10)7(11)12-9(13)16/h2-3,5-6,8,14-15H,1H3,(H2,11,12,16)/t3-,5-,6-,8-/m1/s1. The van der Waals surface area contributed by atoms with Crippen molar-refractivity contribution in [3.8, 4) is 0 Å². The summed E-state index contributed by atoms with van der Waals surface area (Å²) in [4.78, 5) is 15.2. The Labute approximate surface area is 105 Å². The van der Waals surface area contributed by atoms with Crippen LogP contribution in [-0.2, 0) is 4.74 Å². The molecule has 0 aliphatic carbocycles. The van der Waals surface area contributed by atoms with Crippen molar-refractivity contribution in [2.45, 2.75) is 31.5 Å². The first-order valence-corrected chi connectivity index (χ1v) is 5.77. The van der Waals surface area contributed by atoms with E-state index in [2.05, 4.69) is 20.9 Å². The molecule has 17 heavy (non-hydrogen) atoms. The fourth-order valence-electron chi connectivity index (χ4n) is 1.70. The molecule has 8 heteroatoms. The molecule has 1 aromatic heterocycles. The Hall–Kier alpha value is -0.960. The topological polar surface area (TPSA) is 111 Å². The van der Waals surface area contributed by atoms with Gasteiger partial charge in [0.15, 0.2) is 6.23 Å². The van der Waals surface area contributed by atoms with Gasteiger partial charge in [-0.2, -0.15) is 4.98 Å². The minimum Gasteiger partial charge on any atom is -0.388 e. The van der Waals surface area contributed by atoms with Gasteiger partial charge in [-0.3, -0.25) is 4.57 Å². The van der Waals surface area contributed by atoms with Crippen LogP contribution >= 0.6 is 15.9 Å². The molecule has 0 amide bonds. The van der Waals surface area contributed by atoms with E-state index >= 15 is 0 Å². The molecule has 4 atom stereocenters. The van der Waals surface area contributed by atoms with Crippen molar-refractivity contribution in [3.63, 3.8) is 0 Å². The second kappa shape index (κ2) is 4.37. The highest BCUT2D eigenvalue weighted by atomic mass is 79.9. The van der Waals surface area contributed by atoms with E-state index < -0.39 is 30.2 Å². The van der Waals surface area contributed by atoms with Crippen LogP contribution in [0.2, 0.25) is 0 Å². The SMILES string of the molecule is C[C@H]1O[C@@H](n2cc(Br)c(N)nc2=O)[C@H](O)[C@@H]1O. The van der Waals surface area contributed by atoms with Crippen LogP contribution in [0, 0.1) is 0 Å². The van der Waals surface area contributed by atoms with Crippen LogP contribution in [0.25, 0.3) is 0 Å². The summed E-state index contributed by atoms with van der Waals surface area (Å²) in [5.74, 6) is 0.0623. The van der Waals surface area contributed by atoms with Gasteiger partial charge in [0.1, 0.15) is 18.0 Å². The monoisotopic (exact) mass is 305 g/mol. The highest BCUT2D eigenvalue weighted by molar-refractivity contribution is 9.10. The predicted octanol–water partition coefficient (Wildman–Crippen LogP) is -0.773. The molecule has 94 valence electrons. The van der Waals surface area contributed by atoms with Crippen molar-refractivity contribution in [3.05, 3.63) is 21.2 Å². The summed E-state index contributed by atoms with van der Waals surface area (Å²) in [5, 5.41) is 19.3. The Morgan fingerprint density at radius 1 is 1.53 bits per heavy atom. The van der Waals surface area contributed by atoms with Gasteiger partial charge >= 0.3 is 5.69 Å². The third-order valence-corrected chi connectivity index (χ3v) is 3.30. The lowest BCUT2D eigenvalue weighted by molar-refractivity contribution is -0.0351. The summed E-state index contributed by atoms with van der Waals surface area (Å²) in [7, 11) is 0. The smallest absolute Gasteiger partial charge is 0.351 e. The van der Waals surface area contributed by atoms with Gasteiger partial charge in [0.05, 0.1) is 10.6 Å². The zero-order chi connectivity index (χ0) is 12.7. The second-order valence-electron chi connectivity index (χ2n) is 3.88. The maximum Gasteiger partial charge on any atom is 0.351 e. The van der Waals surface area contributed by atoms with Gasteiger partial charge in [-0.1, -0.05) is 0 Å². The molecular formula is C9H12BrN3O4. The van der Waals surface area contributed by atoms with Crippen molar-refractivity contribution < 1.29 is 14.9 Å². The summed E-state index contributed by atoms with van der Waals surface area (Å²) >= 11 is 3.13. The van der Waals surface area contributed by atoms with E-state index in [0.29, 0.717) is 4.47 Å². The second-order valence-corrected chi connectivity index (χ2v) is 4.73. The van der Waals surface area contributed by atoms with Crippen molar-refractivity contribution >= 4 is 21.7 Å². The minimum atomic E-state index is -1.18. The number of hydrogen-bond acceptors (Lipinski definition) is 6. The number of nitrogens with zero attached hydrogens (tertiary/aromatic N) is 2. The molecule has 1 aliphatic rings. The third-order valence-electron chi connectivity index (χ3n) is 2.69. The largest absolute Gasteiger partial charge is 0.388 e. The van der Waals surface area contributed by atoms with Gasteiger partial charge in [0.25, 0.3) is 0 Å². The Bertz CT molecular complexity index is 492. The van der Waals surface area contributed by atoms with Gasteiger partial charge in [-0.15, -0.1) is 0 Å². The first-order chi connectivity index (χ1) is 7.91. The molecule has 0 unspecified atom stereocenters. The lowest BCUT2D eigenvalue weighted by atomic mass is 10.1. The van der Waals surface area contributed by atoms with Gasteiger partial charge in [0, 0.05) is 6.20 Å². The maximum absolute atomic E-state index is 11.6. The molecule has 1 fully saturated rings. The average Bonchev–Trinajstić information content (AvgIpc) is 2.51. The molecule has 2 heterocycles. The molecule has 7 nitrogen and oxygen atoms in total. The quantitative estimate of drug-likeness (QED) is 0.628. The van der Waals surface area contributed by atoms with Crippen molar-refractivity contribution in [2.24, 2.45) is 0 Å². The maximum atomic E-state index is 11.6. The number of ether oxygens (including phenoxy) is 1. The summed E-state index contributed by atoms with van der Waals surface area (Å²) < 4.78 is 6.82. The van der Waals surface area contributed by atoms with Gasteiger partial charge in [-0.25, -0.2) is 4.79 Å². The fraction of sp³-hybridized carbons (Fsp3) is 0.556. The van der Waals surface area contributed by atoms with Crippen LogP contribution < -0.4 is 11.4 Å². The first-order valence-electron chi connectivity index (χ1n) is 4.97. The number of aliphatic hydroxyl groups excluding tert-OH is 2. The molecule has 0 aromatic carbocycles. The van der Waals surface area contributed by atoms with Gasteiger partial charge in [0.2, 0.25) is 0 Å². The van der Waals surface area contributed by atoms with E-state index in [-0.39, 0.29) is 5.82 Å². The van der Waals surface area contributed by atoms with E-state index in [0.717, 1.165) is 4.57 Å². The Morgan fingerprint density at radius 3 is 2.71 bits per heavy atom. The number of nitrogen functional groups attached to an aromatic ring is 1. The summed E-state index contributed by atoms with van der Waals surface area (Å²) in [6, 6.07) is 0. The number of halogens is 1. The van der Waals surface area contributed by atoms with Crippen LogP contribution in [0.15, 0.2) is 15.5 Å². The molecule has 1 aromatic rings. The number of aromatic nitrogens is 2. The van der Waals surface area contributed by atoms with Gasteiger partial charge < -0.3 is 20.7 Å². The predicted molar refractivity (Wildman–Crippen MR) is 62.2 cm³/mol. The minimum absolute atomic E-state index is 0.0623. The van der Waals surface area contributed by atoms with Crippen LogP contribution in [0.5, 0.6) is 0 Å².